The molecule has 2 aromatic rings. The molecule has 0 spiro atoms. The van der Waals surface area contributed by atoms with Crippen molar-refractivity contribution in [2.75, 3.05) is 7.11 Å². The van der Waals surface area contributed by atoms with Crippen LogP contribution >= 0.6 is 0 Å². The van der Waals surface area contributed by atoms with Gasteiger partial charge in [0.05, 0.1) is 24.5 Å². The van der Waals surface area contributed by atoms with Crippen molar-refractivity contribution < 1.29 is 4.74 Å². The van der Waals surface area contributed by atoms with E-state index in [1.807, 2.05) is 30.5 Å². The standard InChI is InChI=1S/C15H19N3O/c1-19-13-7-3-2-6-11(13)12-10-17-14(18-12)15(16)8-4-5-9-15/h2-3,6-7,10H,4-5,8-9,16H2,1H3,(H,17,18). The third-order valence-electron chi connectivity index (χ3n) is 3.94. The minimum atomic E-state index is -0.278. The Morgan fingerprint density at radius 3 is 2.74 bits per heavy atom. The largest absolute Gasteiger partial charge is 0.496 e. The lowest BCUT2D eigenvalue weighted by Crippen LogP contribution is -2.34. The number of nitrogens with one attached hydrogen (secondary N) is 1. The summed E-state index contributed by atoms with van der Waals surface area (Å²) in [7, 11) is 1.68. The summed E-state index contributed by atoms with van der Waals surface area (Å²) in [6.45, 7) is 0. The lowest BCUT2D eigenvalue weighted by Gasteiger charge is -2.20. The second-order valence-corrected chi connectivity index (χ2v) is 5.21. The number of hydrogen-bond acceptors (Lipinski definition) is 3. The summed E-state index contributed by atoms with van der Waals surface area (Å²) in [5.74, 6) is 1.74. The average molecular weight is 257 g/mol. The molecular weight excluding hydrogens is 238 g/mol. The van der Waals surface area contributed by atoms with Gasteiger partial charge in [0.1, 0.15) is 11.6 Å². The van der Waals surface area contributed by atoms with E-state index in [4.69, 9.17) is 10.5 Å². The Morgan fingerprint density at radius 2 is 2.00 bits per heavy atom. The quantitative estimate of drug-likeness (QED) is 0.888. The van der Waals surface area contributed by atoms with Crippen LogP contribution in [0.3, 0.4) is 0 Å². The van der Waals surface area contributed by atoms with E-state index in [2.05, 4.69) is 9.97 Å². The molecule has 0 unspecified atom stereocenters. The zero-order valence-electron chi connectivity index (χ0n) is 11.1. The second kappa shape index (κ2) is 4.70. The van der Waals surface area contributed by atoms with Gasteiger partial charge in [-0.2, -0.15) is 0 Å². The van der Waals surface area contributed by atoms with Crippen molar-refractivity contribution in [1.29, 1.82) is 0 Å². The van der Waals surface area contributed by atoms with E-state index in [9.17, 15) is 0 Å². The highest BCUT2D eigenvalue weighted by molar-refractivity contribution is 5.66. The Labute approximate surface area is 113 Å². The van der Waals surface area contributed by atoms with Crippen molar-refractivity contribution >= 4 is 0 Å². The number of imidazole rings is 1. The van der Waals surface area contributed by atoms with Gasteiger partial charge in [-0.15, -0.1) is 0 Å². The molecule has 1 saturated carbocycles. The van der Waals surface area contributed by atoms with Gasteiger partial charge in [-0.1, -0.05) is 25.0 Å². The van der Waals surface area contributed by atoms with Crippen molar-refractivity contribution in [2.45, 2.75) is 31.2 Å². The highest BCUT2D eigenvalue weighted by atomic mass is 16.5. The first-order valence-corrected chi connectivity index (χ1v) is 6.71. The van der Waals surface area contributed by atoms with E-state index >= 15 is 0 Å². The molecule has 0 radical (unpaired) electrons. The lowest BCUT2D eigenvalue weighted by atomic mass is 9.99. The summed E-state index contributed by atoms with van der Waals surface area (Å²) in [6, 6.07) is 7.92. The molecule has 4 nitrogen and oxygen atoms in total. The normalized spacial score (nSPS) is 17.6. The Kier molecular flexibility index (Phi) is 3.03. The number of hydrogen-bond donors (Lipinski definition) is 2. The van der Waals surface area contributed by atoms with E-state index in [1.54, 1.807) is 7.11 Å². The predicted octanol–water partition coefficient (Wildman–Crippen LogP) is 2.81. The van der Waals surface area contributed by atoms with Crippen LogP contribution in [0.2, 0.25) is 0 Å². The topological polar surface area (TPSA) is 63.9 Å². The van der Waals surface area contributed by atoms with Crippen LogP contribution in [-0.4, -0.2) is 17.1 Å². The van der Waals surface area contributed by atoms with Crippen LogP contribution in [0.1, 0.15) is 31.5 Å². The summed E-state index contributed by atoms with van der Waals surface area (Å²) in [4.78, 5) is 7.86. The zero-order valence-corrected chi connectivity index (χ0v) is 11.1. The van der Waals surface area contributed by atoms with E-state index < -0.39 is 0 Å². The molecule has 3 N–H and O–H groups in total. The Morgan fingerprint density at radius 1 is 1.26 bits per heavy atom. The molecule has 1 aliphatic rings. The maximum absolute atomic E-state index is 6.42. The number of ether oxygens (including phenoxy) is 1. The van der Waals surface area contributed by atoms with Gasteiger partial charge in [-0.05, 0) is 25.0 Å². The number of para-hydroxylation sites is 1. The number of benzene rings is 1. The maximum Gasteiger partial charge on any atom is 0.128 e. The molecule has 0 atom stereocenters. The fraction of sp³-hybridized carbons (Fsp3) is 0.400. The molecule has 0 aliphatic heterocycles. The van der Waals surface area contributed by atoms with E-state index in [0.29, 0.717) is 0 Å². The number of methoxy groups -OCH3 is 1. The molecule has 0 bridgehead atoms. The van der Waals surface area contributed by atoms with Gasteiger partial charge < -0.3 is 15.5 Å². The highest BCUT2D eigenvalue weighted by Gasteiger charge is 2.34. The molecule has 0 saturated heterocycles. The van der Waals surface area contributed by atoms with Gasteiger partial charge in [0, 0.05) is 5.56 Å². The van der Waals surface area contributed by atoms with Crippen molar-refractivity contribution in [3.05, 3.63) is 36.3 Å². The van der Waals surface area contributed by atoms with Gasteiger partial charge in [0.15, 0.2) is 0 Å². The van der Waals surface area contributed by atoms with Gasteiger partial charge in [-0.25, -0.2) is 4.98 Å². The van der Waals surface area contributed by atoms with Crippen LogP contribution < -0.4 is 10.5 Å². The molecule has 0 amide bonds. The smallest absolute Gasteiger partial charge is 0.128 e. The minimum absolute atomic E-state index is 0.278. The van der Waals surface area contributed by atoms with Crippen molar-refractivity contribution in [3.8, 4) is 17.0 Å². The SMILES string of the molecule is COc1ccccc1-c1cnc(C2(N)CCCC2)[nH]1. The van der Waals surface area contributed by atoms with Gasteiger partial charge in [0.25, 0.3) is 0 Å². The highest BCUT2D eigenvalue weighted by Crippen LogP contribution is 2.36. The molecule has 1 heterocycles. The molecule has 1 aromatic heterocycles. The van der Waals surface area contributed by atoms with Crippen molar-refractivity contribution in [2.24, 2.45) is 5.73 Å². The fourth-order valence-corrected chi connectivity index (χ4v) is 2.82. The number of rotatable bonds is 3. The fourth-order valence-electron chi connectivity index (χ4n) is 2.82. The van der Waals surface area contributed by atoms with Crippen LogP contribution in [0, 0.1) is 0 Å². The van der Waals surface area contributed by atoms with Crippen LogP contribution in [0.25, 0.3) is 11.3 Å². The van der Waals surface area contributed by atoms with Crippen LogP contribution in [0.5, 0.6) is 5.75 Å². The summed E-state index contributed by atoms with van der Waals surface area (Å²) in [5.41, 5.74) is 8.12. The van der Waals surface area contributed by atoms with Crippen LogP contribution in [-0.2, 0) is 5.54 Å². The number of H-pyrrole nitrogens is 1. The van der Waals surface area contributed by atoms with E-state index in [1.165, 1.54) is 12.8 Å². The summed E-state index contributed by atoms with van der Waals surface area (Å²) >= 11 is 0. The number of aromatic amines is 1. The van der Waals surface area contributed by atoms with Crippen LogP contribution in [0.15, 0.2) is 30.5 Å². The van der Waals surface area contributed by atoms with Crippen molar-refractivity contribution in [1.82, 2.24) is 9.97 Å². The lowest BCUT2D eigenvalue weighted by molar-refractivity contribution is 0.416. The van der Waals surface area contributed by atoms with E-state index in [-0.39, 0.29) is 5.54 Å². The molecule has 4 heteroatoms. The predicted molar refractivity (Wildman–Crippen MR) is 74.9 cm³/mol. The monoisotopic (exact) mass is 257 g/mol. The summed E-state index contributed by atoms with van der Waals surface area (Å²) in [5, 5.41) is 0. The molecule has 1 aliphatic carbocycles. The first-order chi connectivity index (χ1) is 9.23. The van der Waals surface area contributed by atoms with Gasteiger partial charge >= 0.3 is 0 Å². The third-order valence-corrected chi connectivity index (χ3v) is 3.94. The van der Waals surface area contributed by atoms with Gasteiger partial charge in [0.2, 0.25) is 0 Å². The Balaban J connectivity index is 1.97. The summed E-state index contributed by atoms with van der Waals surface area (Å²) in [6.07, 6.45) is 6.22. The Hall–Kier alpha value is -1.81. The van der Waals surface area contributed by atoms with E-state index in [0.717, 1.165) is 35.7 Å². The van der Waals surface area contributed by atoms with Gasteiger partial charge in [-0.3, -0.25) is 0 Å². The first kappa shape index (κ1) is 12.2. The molecule has 100 valence electrons. The maximum atomic E-state index is 6.42. The molecule has 1 aromatic carbocycles. The minimum Gasteiger partial charge on any atom is -0.496 e. The van der Waals surface area contributed by atoms with Crippen LogP contribution in [0.4, 0.5) is 0 Å². The zero-order chi connectivity index (χ0) is 13.3. The van der Waals surface area contributed by atoms with Crippen molar-refractivity contribution in [3.63, 3.8) is 0 Å². The summed E-state index contributed by atoms with van der Waals surface area (Å²) < 4.78 is 5.38. The average Bonchev–Trinajstić information content (AvgIpc) is 3.08. The first-order valence-electron chi connectivity index (χ1n) is 6.71. The molecular formula is C15H19N3O. The molecule has 1 fully saturated rings. The molecule has 3 rings (SSSR count). The number of nitrogens with two attached hydrogens (primary N) is 1. The second-order valence-electron chi connectivity index (χ2n) is 5.21. The Bertz CT molecular complexity index is 570. The number of nitrogens with zero attached hydrogens (tertiary/aromatic N) is 1. The third kappa shape index (κ3) is 2.12. The number of aromatic nitrogens is 2. The molecule has 19 heavy (non-hydrogen) atoms.